The molecule has 2 N–H and O–H groups in total. The van der Waals surface area contributed by atoms with Crippen molar-refractivity contribution in [2.45, 2.75) is 33.1 Å². The lowest BCUT2D eigenvalue weighted by molar-refractivity contribution is -0.120. The Morgan fingerprint density at radius 1 is 1.29 bits per heavy atom. The van der Waals surface area contributed by atoms with Gasteiger partial charge in [0.15, 0.2) is 11.5 Å². The van der Waals surface area contributed by atoms with Crippen LogP contribution in [0.5, 0.6) is 11.5 Å². The molecule has 1 unspecified atom stereocenters. The zero-order chi connectivity index (χ0) is 17.4. The molecule has 0 spiro atoms. The van der Waals surface area contributed by atoms with E-state index >= 15 is 0 Å². The van der Waals surface area contributed by atoms with Crippen LogP contribution in [0.15, 0.2) is 16.6 Å². The SMILES string of the molecule is CCOc1cc(Br)c(CC(=O)NCC2CCCNC2)cc1OCC. The van der Waals surface area contributed by atoms with E-state index in [1.165, 1.54) is 12.8 Å². The lowest BCUT2D eigenvalue weighted by atomic mass is 9.99. The molecule has 1 fully saturated rings. The molecule has 2 rings (SSSR count). The number of nitrogens with one attached hydrogen (secondary N) is 2. The average Bonchev–Trinajstić information content (AvgIpc) is 2.58. The van der Waals surface area contributed by atoms with E-state index in [0.717, 1.165) is 29.7 Å². The van der Waals surface area contributed by atoms with Gasteiger partial charge in [0.1, 0.15) is 0 Å². The highest BCUT2D eigenvalue weighted by Gasteiger charge is 2.16. The molecule has 5 nitrogen and oxygen atoms in total. The molecule has 6 heteroatoms. The molecule has 1 aromatic carbocycles. The number of hydrogen-bond donors (Lipinski definition) is 2. The number of hydrogen-bond acceptors (Lipinski definition) is 4. The Labute approximate surface area is 152 Å². The zero-order valence-electron chi connectivity index (χ0n) is 14.5. The van der Waals surface area contributed by atoms with Gasteiger partial charge in [-0.2, -0.15) is 0 Å². The number of piperidine rings is 1. The van der Waals surface area contributed by atoms with Gasteiger partial charge in [0.05, 0.1) is 19.6 Å². The molecule has 24 heavy (non-hydrogen) atoms. The quantitative estimate of drug-likeness (QED) is 0.706. The largest absolute Gasteiger partial charge is 0.490 e. The van der Waals surface area contributed by atoms with Crippen molar-refractivity contribution in [2.24, 2.45) is 5.92 Å². The molecular formula is C18H27BrN2O3. The summed E-state index contributed by atoms with van der Waals surface area (Å²) in [5.41, 5.74) is 0.904. The Balaban J connectivity index is 1.96. The van der Waals surface area contributed by atoms with Crippen LogP contribution < -0.4 is 20.1 Å². The van der Waals surface area contributed by atoms with Crippen LogP contribution in [-0.2, 0) is 11.2 Å². The van der Waals surface area contributed by atoms with Gasteiger partial charge in [0.25, 0.3) is 0 Å². The van der Waals surface area contributed by atoms with Crippen LogP contribution >= 0.6 is 15.9 Å². The van der Waals surface area contributed by atoms with E-state index in [1.54, 1.807) is 0 Å². The summed E-state index contributed by atoms with van der Waals surface area (Å²) < 4.78 is 12.1. The van der Waals surface area contributed by atoms with Gasteiger partial charge in [-0.15, -0.1) is 0 Å². The monoisotopic (exact) mass is 398 g/mol. The normalized spacial score (nSPS) is 17.4. The van der Waals surface area contributed by atoms with Crippen molar-refractivity contribution >= 4 is 21.8 Å². The van der Waals surface area contributed by atoms with Crippen molar-refractivity contribution in [2.75, 3.05) is 32.8 Å². The van der Waals surface area contributed by atoms with Crippen LogP contribution in [0, 0.1) is 5.92 Å². The topological polar surface area (TPSA) is 59.6 Å². The molecule has 0 saturated carbocycles. The Morgan fingerprint density at radius 3 is 2.62 bits per heavy atom. The van der Waals surface area contributed by atoms with Crippen molar-refractivity contribution < 1.29 is 14.3 Å². The van der Waals surface area contributed by atoms with Crippen molar-refractivity contribution in [3.8, 4) is 11.5 Å². The average molecular weight is 399 g/mol. The second-order valence-electron chi connectivity index (χ2n) is 5.95. The zero-order valence-corrected chi connectivity index (χ0v) is 16.1. The minimum absolute atomic E-state index is 0.0351. The molecule has 1 aromatic rings. The summed E-state index contributed by atoms with van der Waals surface area (Å²) in [5.74, 6) is 1.95. The highest BCUT2D eigenvalue weighted by molar-refractivity contribution is 9.10. The Morgan fingerprint density at radius 2 is 2.00 bits per heavy atom. The number of carbonyl (C=O) groups excluding carboxylic acids is 1. The smallest absolute Gasteiger partial charge is 0.224 e. The third-order valence-electron chi connectivity index (χ3n) is 4.05. The third-order valence-corrected chi connectivity index (χ3v) is 4.79. The highest BCUT2D eigenvalue weighted by atomic mass is 79.9. The molecule has 0 radical (unpaired) electrons. The van der Waals surface area contributed by atoms with Crippen LogP contribution in [0.1, 0.15) is 32.3 Å². The summed E-state index contributed by atoms with van der Waals surface area (Å²) in [5, 5.41) is 6.42. The standard InChI is InChI=1S/C18H27BrN2O3/c1-3-23-16-8-14(15(19)10-17(16)24-4-2)9-18(22)21-12-13-6-5-7-20-11-13/h8,10,13,20H,3-7,9,11-12H2,1-2H3,(H,21,22). The van der Waals surface area contributed by atoms with E-state index in [9.17, 15) is 4.79 Å². The van der Waals surface area contributed by atoms with Crippen LogP contribution in [-0.4, -0.2) is 38.8 Å². The molecule has 1 saturated heterocycles. The Hall–Kier alpha value is -1.27. The maximum atomic E-state index is 12.3. The van der Waals surface area contributed by atoms with E-state index in [1.807, 2.05) is 26.0 Å². The molecular weight excluding hydrogens is 372 g/mol. The number of rotatable bonds is 8. The predicted octanol–water partition coefficient (Wildman–Crippen LogP) is 2.90. The Bertz CT molecular complexity index is 545. The number of benzene rings is 1. The fourth-order valence-corrected chi connectivity index (χ4v) is 3.30. The van der Waals surface area contributed by atoms with Gasteiger partial charge in [-0.25, -0.2) is 0 Å². The van der Waals surface area contributed by atoms with Gasteiger partial charge in [0, 0.05) is 11.0 Å². The summed E-state index contributed by atoms with van der Waals surface area (Å²) in [4.78, 5) is 12.3. The first-order chi connectivity index (χ1) is 11.6. The molecule has 0 aliphatic carbocycles. The number of carbonyl (C=O) groups is 1. The third kappa shape index (κ3) is 5.67. The molecule has 0 bridgehead atoms. The van der Waals surface area contributed by atoms with E-state index in [-0.39, 0.29) is 5.91 Å². The molecule has 1 amide bonds. The first kappa shape index (κ1) is 19.1. The summed E-state index contributed by atoms with van der Waals surface area (Å²) in [6.45, 7) is 7.81. The molecule has 134 valence electrons. The molecule has 1 atom stereocenters. The van der Waals surface area contributed by atoms with Crippen LogP contribution in [0.25, 0.3) is 0 Å². The fourth-order valence-electron chi connectivity index (χ4n) is 2.84. The van der Waals surface area contributed by atoms with E-state index < -0.39 is 0 Å². The lowest BCUT2D eigenvalue weighted by Gasteiger charge is -2.23. The second-order valence-corrected chi connectivity index (χ2v) is 6.80. The summed E-state index contributed by atoms with van der Waals surface area (Å²) in [6, 6.07) is 3.77. The van der Waals surface area contributed by atoms with E-state index in [4.69, 9.17) is 9.47 Å². The van der Waals surface area contributed by atoms with Gasteiger partial charge in [-0.05, 0) is 63.4 Å². The molecule has 1 heterocycles. The summed E-state index contributed by atoms with van der Waals surface area (Å²) in [6.07, 6.45) is 2.68. The molecule has 1 aliphatic rings. The Kier molecular flexibility index (Phi) is 7.85. The number of halogens is 1. The van der Waals surface area contributed by atoms with Crippen LogP contribution in [0.4, 0.5) is 0 Å². The lowest BCUT2D eigenvalue weighted by Crippen LogP contribution is -2.38. The van der Waals surface area contributed by atoms with E-state index in [0.29, 0.717) is 37.1 Å². The molecule has 1 aliphatic heterocycles. The minimum atomic E-state index is 0.0351. The first-order valence-corrected chi connectivity index (χ1v) is 9.48. The van der Waals surface area contributed by atoms with E-state index in [2.05, 4.69) is 26.6 Å². The number of ether oxygens (including phenoxy) is 2. The minimum Gasteiger partial charge on any atom is -0.490 e. The fraction of sp³-hybridized carbons (Fsp3) is 0.611. The van der Waals surface area contributed by atoms with Crippen molar-refractivity contribution in [3.63, 3.8) is 0 Å². The highest BCUT2D eigenvalue weighted by Crippen LogP contribution is 2.34. The van der Waals surface area contributed by atoms with Gasteiger partial charge >= 0.3 is 0 Å². The maximum absolute atomic E-state index is 12.3. The first-order valence-electron chi connectivity index (χ1n) is 8.69. The van der Waals surface area contributed by atoms with Crippen molar-refractivity contribution in [3.05, 3.63) is 22.2 Å². The molecule has 0 aromatic heterocycles. The number of amides is 1. The predicted molar refractivity (Wildman–Crippen MR) is 98.8 cm³/mol. The maximum Gasteiger partial charge on any atom is 0.224 e. The van der Waals surface area contributed by atoms with Gasteiger partial charge < -0.3 is 20.1 Å². The summed E-state index contributed by atoms with van der Waals surface area (Å²) >= 11 is 3.53. The van der Waals surface area contributed by atoms with Crippen LogP contribution in [0.2, 0.25) is 0 Å². The summed E-state index contributed by atoms with van der Waals surface area (Å²) in [7, 11) is 0. The van der Waals surface area contributed by atoms with Crippen LogP contribution in [0.3, 0.4) is 0 Å². The van der Waals surface area contributed by atoms with Crippen molar-refractivity contribution in [1.82, 2.24) is 10.6 Å². The second kappa shape index (κ2) is 9.89. The van der Waals surface area contributed by atoms with Gasteiger partial charge in [0.2, 0.25) is 5.91 Å². The van der Waals surface area contributed by atoms with Crippen molar-refractivity contribution in [1.29, 1.82) is 0 Å². The van der Waals surface area contributed by atoms with Gasteiger partial charge in [-0.3, -0.25) is 4.79 Å². The van der Waals surface area contributed by atoms with Gasteiger partial charge in [-0.1, -0.05) is 15.9 Å².